The number of likely N-dealkylation sites (tertiary alicyclic amines) is 1. The first-order valence-corrected chi connectivity index (χ1v) is 11.3. The summed E-state index contributed by atoms with van der Waals surface area (Å²) in [5.41, 5.74) is 8.67. The lowest BCUT2D eigenvalue weighted by Crippen LogP contribution is -2.32. The van der Waals surface area contributed by atoms with E-state index >= 15 is 0 Å². The molecule has 2 aromatic carbocycles. The van der Waals surface area contributed by atoms with E-state index in [1.165, 1.54) is 82.6 Å². The third-order valence-corrected chi connectivity index (χ3v) is 7.46. The topological polar surface area (TPSA) is 8.17 Å². The van der Waals surface area contributed by atoms with E-state index < -0.39 is 0 Å². The monoisotopic (exact) mass is 376 g/mol. The molecule has 140 valence electrons. The van der Waals surface area contributed by atoms with Gasteiger partial charge in [0, 0.05) is 40.2 Å². The Morgan fingerprint density at radius 2 is 1.78 bits per heavy atom. The molecule has 1 aromatic heterocycles. The lowest BCUT2D eigenvalue weighted by atomic mass is 10.0. The van der Waals surface area contributed by atoms with Gasteiger partial charge in [0.1, 0.15) is 0 Å². The van der Waals surface area contributed by atoms with Crippen LogP contribution in [0.2, 0.25) is 0 Å². The quantitative estimate of drug-likeness (QED) is 0.552. The van der Waals surface area contributed by atoms with Crippen molar-refractivity contribution in [3.63, 3.8) is 0 Å². The average molecular weight is 377 g/mol. The van der Waals surface area contributed by atoms with Crippen LogP contribution in [0.5, 0.6) is 0 Å². The largest absolute Gasteiger partial charge is 0.339 e. The molecule has 2 nitrogen and oxygen atoms in total. The Balaban J connectivity index is 1.64. The van der Waals surface area contributed by atoms with Gasteiger partial charge in [-0.05, 0) is 63.0 Å². The Morgan fingerprint density at radius 3 is 2.63 bits per heavy atom. The number of piperidine rings is 1. The number of aromatic nitrogens is 1. The van der Waals surface area contributed by atoms with Crippen molar-refractivity contribution in [3.8, 4) is 11.3 Å². The predicted molar refractivity (Wildman–Crippen MR) is 117 cm³/mol. The smallest absolute Gasteiger partial charge is 0.0544 e. The Labute approximate surface area is 166 Å². The van der Waals surface area contributed by atoms with Gasteiger partial charge in [0.05, 0.1) is 5.69 Å². The maximum atomic E-state index is 2.66. The van der Waals surface area contributed by atoms with Gasteiger partial charge in [-0.1, -0.05) is 36.2 Å². The van der Waals surface area contributed by atoms with Crippen LogP contribution in [0, 0.1) is 13.8 Å². The minimum atomic E-state index is 1.09. The molecule has 0 unspecified atom stereocenters. The van der Waals surface area contributed by atoms with Crippen LogP contribution >= 0.6 is 11.8 Å². The van der Waals surface area contributed by atoms with Crippen LogP contribution in [-0.2, 0) is 12.3 Å². The molecule has 0 radical (unpaired) electrons. The summed E-state index contributed by atoms with van der Waals surface area (Å²) in [4.78, 5) is 4.14. The number of nitrogens with zero attached hydrogens (tertiary/aromatic N) is 2. The molecule has 0 spiro atoms. The number of hydrogen-bond acceptors (Lipinski definition) is 2. The Kier molecular flexibility index (Phi) is 4.53. The van der Waals surface area contributed by atoms with Crippen molar-refractivity contribution >= 4 is 22.7 Å². The van der Waals surface area contributed by atoms with Crippen molar-refractivity contribution in [1.82, 2.24) is 9.47 Å². The lowest BCUT2D eigenvalue weighted by Gasteiger charge is -2.28. The average Bonchev–Trinajstić information content (AvgIpc) is 3.01. The first-order valence-electron chi connectivity index (χ1n) is 10.3. The number of hydrogen-bond donors (Lipinski definition) is 0. The van der Waals surface area contributed by atoms with Gasteiger partial charge in [-0.15, -0.1) is 11.8 Å². The highest BCUT2D eigenvalue weighted by molar-refractivity contribution is 7.98. The molecule has 2 aliphatic heterocycles. The summed E-state index contributed by atoms with van der Waals surface area (Å²) in [5.74, 6) is 1.09. The highest BCUT2D eigenvalue weighted by Crippen LogP contribution is 2.47. The van der Waals surface area contributed by atoms with Crippen LogP contribution in [-0.4, -0.2) is 29.1 Å². The highest BCUT2D eigenvalue weighted by atomic mass is 32.2. The fourth-order valence-corrected chi connectivity index (χ4v) is 6.13. The summed E-state index contributed by atoms with van der Waals surface area (Å²) in [7, 11) is 0. The second kappa shape index (κ2) is 7.03. The molecule has 3 heterocycles. The summed E-state index contributed by atoms with van der Waals surface area (Å²) in [6, 6.07) is 13.8. The van der Waals surface area contributed by atoms with E-state index in [-0.39, 0.29) is 0 Å². The molecule has 0 saturated carbocycles. The molecule has 0 atom stereocenters. The van der Waals surface area contributed by atoms with E-state index in [1.807, 2.05) is 11.8 Å². The van der Waals surface area contributed by atoms with Gasteiger partial charge >= 0.3 is 0 Å². The summed E-state index contributed by atoms with van der Waals surface area (Å²) >= 11 is 2.02. The molecule has 1 fully saturated rings. The molecule has 1 saturated heterocycles. The molecule has 3 heteroatoms. The minimum absolute atomic E-state index is 1.09. The Morgan fingerprint density at radius 1 is 0.963 bits per heavy atom. The lowest BCUT2D eigenvalue weighted by molar-refractivity contribution is 0.222. The number of fused-ring (bicyclic) bond motifs is 5. The third kappa shape index (κ3) is 3.01. The Hall–Kier alpha value is -1.71. The predicted octanol–water partition coefficient (Wildman–Crippen LogP) is 6.02. The summed E-state index contributed by atoms with van der Waals surface area (Å²) in [6.45, 7) is 9.29. The molecule has 0 aliphatic carbocycles. The summed E-state index contributed by atoms with van der Waals surface area (Å²) < 4.78 is 2.62. The highest BCUT2D eigenvalue weighted by Gasteiger charge is 2.26. The molecular weight excluding hydrogens is 348 g/mol. The Bertz CT molecular complexity index is 995. The van der Waals surface area contributed by atoms with Crippen LogP contribution in [0.25, 0.3) is 22.2 Å². The molecule has 5 rings (SSSR count). The van der Waals surface area contributed by atoms with Gasteiger partial charge in [0.15, 0.2) is 0 Å². The van der Waals surface area contributed by atoms with E-state index in [2.05, 4.69) is 59.7 Å². The van der Waals surface area contributed by atoms with E-state index in [0.29, 0.717) is 0 Å². The SMILES string of the molecule is Cc1cc(C)c2c(c1)-c1c(c3ccccc3n1CCN1CCCCC1)CS2. The van der Waals surface area contributed by atoms with Gasteiger partial charge < -0.3 is 9.47 Å². The molecule has 3 aromatic rings. The third-order valence-electron chi connectivity index (χ3n) is 6.20. The van der Waals surface area contributed by atoms with Crippen LogP contribution in [0.4, 0.5) is 0 Å². The molecule has 0 amide bonds. The zero-order valence-electron chi connectivity index (χ0n) is 16.4. The van der Waals surface area contributed by atoms with Gasteiger partial charge in [-0.3, -0.25) is 0 Å². The first-order chi connectivity index (χ1) is 13.2. The number of para-hydroxylation sites is 1. The second-order valence-electron chi connectivity index (χ2n) is 8.15. The fraction of sp³-hybridized carbons (Fsp3) is 0.417. The molecule has 0 N–H and O–H groups in total. The molecule has 0 bridgehead atoms. The minimum Gasteiger partial charge on any atom is -0.339 e. The van der Waals surface area contributed by atoms with Crippen molar-refractivity contribution in [3.05, 3.63) is 53.1 Å². The zero-order valence-corrected chi connectivity index (χ0v) is 17.2. The summed E-state index contributed by atoms with van der Waals surface area (Å²) in [6.07, 6.45) is 4.13. The van der Waals surface area contributed by atoms with Crippen LogP contribution in [0.1, 0.15) is 36.0 Å². The van der Waals surface area contributed by atoms with Gasteiger partial charge in [-0.2, -0.15) is 0 Å². The second-order valence-corrected chi connectivity index (χ2v) is 9.13. The number of benzene rings is 2. The number of rotatable bonds is 3. The normalized spacial score (nSPS) is 17.1. The van der Waals surface area contributed by atoms with Crippen molar-refractivity contribution in [2.24, 2.45) is 0 Å². The molecule has 27 heavy (non-hydrogen) atoms. The standard InChI is InChI=1S/C24H28N2S/c1-17-14-18(2)24-20(15-17)23-21(16-27-24)19-8-4-5-9-22(19)26(23)13-12-25-10-6-3-7-11-25/h4-5,8-9,14-15H,3,6-7,10-13,16H2,1-2H3. The van der Waals surface area contributed by atoms with Gasteiger partial charge in [0.2, 0.25) is 0 Å². The summed E-state index contributed by atoms with van der Waals surface area (Å²) in [5, 5.41) is 1.45. The van der Waals surface area contributed by atoms with Crippen molar-refractivity contribution in [2.75, 3.05) is 19.6 Å². The number of aryl methyl sites for hydroxylation is 2. The van der Waals surface area contributed by atoms with Crippen LogP contribution < -0.4 is 0 Å². The fourth-order valence-electron chi connectivity index (χ4n) is 4.95. The first kappa shape index (κ1) is 17.4. The maximum absolute atomic E-state index is 2.66. The molecule has 2 aliphatic rings. The van der Waals surface area contributed by atoms with Crippen LogP contribution in [0.3, 0.4) is 0 Å². The van der Waals surface area contributed by atoms with Gasteiger partial charge in [-0.25, -0.2) is 0 Å². The van der Waals surface area contributed by atoms with Crippen LogP contribution in [0.15, 0.2) is 41.3 Å². The van der Waals surface area contributed by atoms with E-state index in [4.69, 9.17) is 0 Å². The zero-order chi connectivity index (χ0) is 18.4. The van der Waals surface area contributed by atoms with E-state index in [1.54, 1.807) is 0 Å². The van der Waals surface area contributed by atoms with E-state index in [0.717, 1.165) is 12.3 Å². The van der Waals surface area contributed by atoms with Gasteiger partial charge in [0.25, 0.3) is 0 Å². The maximum Gasteiger partial charge on any atom is 0.0544 e. The van der Waals surface area contributed by atoms with Crippen molar-refractivity contribution < 1.29 is 0 Å². The number of thioether (sulfide) groups is 1. The molecular formula is C24H28N2S. The van der Waals surface area contributed by atoms with Crippen molar-refractivity contribution in [1.29, 1.82) is 0 Å². The van der Waals surface area contributed by atoms with Crippen molar-refractivity contribution in [2.45, 2.75) is 50.3 Å². The van der Waals surface area contributed by atoms with E-state index in [9.17, 15) is 0 Å².